The lowest BCUT2D eigenvalue weighted by Crippen LogP contribution is -2.16. The Morgan fingerprint density at radius 3 is 2.48 bits per heavy atom. The number of nitrogens with zero attached hydrogens (tertiary/aromatic N) is 3. The van der Waals surface area contributed by atoms with E-state index in [0.29, 0.717) is 22.0 Å². The van der Waals surface area contributed by atoms with Gasteiger partial charge in [0, 0.05) is 10.9 Å². The Labute approximate surface area is 120 Å². The summed E-state index contributed by atoms with van der Waals surface area (Å²) in [6.07, 6.45) is -3.15. The van der Waals surface area contributed by atoms with E-state index in [1.165, 1.54) is 35.6 Å². The minimum Gasteiger partial charge on any atom is -0.406 e. The summed E-state index contributed by atoms with van der Waals surface area (Å²) in [6.45, 7) is 0. The highest BCUT2D eigenvalue weighted by Gasteiger charge is 2.30. The number of benzene rings is 1. The Hall–Kier alpha value is -2.42. The summed E-state index contributed by atoms with van der Waals surface area (Å²) in [7, 11) is 0. The maximum absolute atomic E-state index is 12.1. The molecule has 0 aliphatic rings. The molecule has 0 aliphatic heterocycles. The van der Waals surface area contributed by atoms with Crippen LogP contribution in [-0.4, -0.2) is 26.8 Å². The van der Waals surface area contributed by atoms with E-state index in [-0.39, 0.29) is 5.75 Å². The molecular formula is C12H7F3N4OS. The Kier molecular flexibility index (Phi) is 3.34. The number of rotatable bonds is 3. The van der Waals surface area contributed by atoms with Crippen molar-refractivity contribution < 1.29 is 17.9 Å². The minimum atomic E-state index is -4.69. The van der Waals surface area contributed by atoms with Crippen molar-refractivity contribution in [3.8, 4) is 27.7 Å². The SMILES string of the molecule is FC(F)(F)Oc1ccc(-c2nc(-c3cn[nH]n3)cs2)cc1. The van der Waals surface area contributed by atoms with Crippen molar-refractivity contribution in [1.82, 2.24) is 20.4 Å². The van der Waals surface area contributed by atoms with Gasteiger partial charge in [0.2, 0.25) is 0 Å². The Morgan fingerprint density at radius 2 is 1.86 bits per heavy atom. The van der Waals surface area contributed by atoms with Crippen molar-refractivity contribution in [2.45, 2.75) is 6.36 Å². The van der Waals surface area contributed by atoms with Gasteiger partial charge in [-0.2, -0.15) is 15.4 Å². The zero-order valence-corrected chi connectivity index (χ0v) is 11.1. The molecule has 0 aliphatic carbocycles. The average Bonchev–Trinajstić information content (AvgIpc) is 3.09. The molecule has 21 heavy (non-hydrogen) atoms. The first-order chi connectivity index (χ1) is 10.0. The third-order valence-corrected chi connectivity index (χ3v) is 3.41. The third-order valence-electron chi connectivity index (χ3n) is 2.52. The molecular weight excluding hydrogens is 305 g/mol. The second-order valence-corrected chi connectivity index (χ2v) is 4.82. The lowest BCUT2D eigenvalue weighted by atomic mass is 10.2. The largest absolute Gasteiger partial charge is 0.573 e. The highest BCUT2D eigenvalue weighted by molar-refractivity contribution is 7.13. The number of thiazole rings is 1. The van der Waals surface area contributed by atoms with Crippen LogP contribution in [0.2, 0.25) is 0 Å². The molecule has 0 saturated carbocycles. The van der Waals surface area contributed by atoms with Crippen LogP contribution in [0.4, 0.5) is 13.2 Å². The van der Waals surface area contributed by atoms with Crippen LogP contribution in [-0.2, 0) is 0 Å². The van der Waals surface area contributed by atoms with Crippen molar-refractivity contribution in [1.29, 1.82) is 0 Å². The predicted octanol–water partition coefficient (Wildman–Crippen LogP) is 3.49. The smallest absolute Gasteiger partial charge is 0.406 e. The first kappa shape index (κ1) is 13.6. The average molecular weight is 312 g/mol. The number of hydrogen-bond acceptors (Lipinski definition) is 5. The van der Waals surface area contributed by atoms with Gasteiger partial charge in [0.05, 0.1) is 6.20 Å². The van der Waals surface area contributed by atoms with Gasteiger partial charge in [-0.15, -0.1) is 24.5 Å². The summed E-state index contributed by atoms with van der Waals surface area (Å²) in [4.78, 5) is 4.36. The highest BCUT2D eigenvalue weighted by Crippen LogP contribution is 2.30. The molecule has 1 aromatic carbocycles. The van der Waals surface area contributed by atoms with Crippen LogP contribution >= 0.6 is 11.3 Å². The number of hydrogen-bond donors (Lipinski definition) is 1. The van der Waals surface area contributed by atoms with E-state index in [0.717, 1.165) is 0 Å². The molecule has 5 nitrogen and oxygen atoms in total. The van der Waals surface area contributed by atoms with Crippen LogP contribution in [0.5, 0.6) is 5.75 Å². The van der Waals surface area contributed by atoms with Crippen LogP contribution in [0.3, 0.4) is 0 Å². The lowest BCUT2D eigenvalue weighted by Gasteiger charge is -2.08. The summed E-state index contributed by atoms with van der Waals surface area (Å²) < 4.78 is 40.0. The topological polar surface area (TPSA) is 63.7 Å². The van der Waals surface area contributed by atoms with E-state index in [4.69, 9.17) is 0 Å². The summed E-state index contributed by atoms with van der Waals surface area (Å²) in [5, 5.41) is 12.6. The fourth-order valence-corrected chi connectivity index (χ4v) is 2.47. The van der Waals surface area contributed by atoms with E-state index < -0.39 is 6.36 Å². The molecule has 0 saturated heterocycles. The minimum absolute atomic E-state index is 0.264. The number of aromatic nitrogens is 4. The highest BCUT2D eigenvalue weighted by atomic mass is 32.1. The van der Waals surface area contributed by atoms with Gasteiger partial charge in [-0.3, -0.25) is 0 Å². The number of aromatic amines is 1. The fraction of sp³-hybridized carbons (Fsp3) is 0.0833. The van der Waals surface area contributed by atoms with E-state index in [2.05, 4.69) is 25.1 Å². The molecule has 0 spiro atoms. The first-order valence-corrected chi connectivity index (χ1v) is 6.57. The molecule has 0 bridgehead atoms. The molecule has 0 radical (unpaired) electrons. The van der Waals surface area contributed by atoms with Gasteiger partial charge in [0.15, 0.2) is 0 Å². The molecule has 108 valence electrons. The summed E-state index contributed by atoms with van der Waals surface area (Å²) in [5.41, 5.74) is 1.96. The van der Waals surface area contributed by atoms with Gasteiger partial charge in [-0.05, 0) is 24.3 Å². The second-order valence-electron chi connectivity index (χ2n) is 3.97. The monoisotopic (exact) mass is 312 g/mol. The third kappa shape index (κ3) is 3.19. The van der Waals surface area contributed by atoms with Gasteiger partial charge in [0.25, 0.3) is 0 Å². The first-order valence-electron chi connectivity index (χ1n) is 5.69. The van der Waals surface area contributed by atoms with E-state index in [9.17, 15) is 13.2 Å². The van der Waals surface area contributed by atoms with Crippen molar-refractivity contribution in [3.63, 3.8) is 0 Å². The molecule has 2 heterocycles. The maximum atomic E-state index is 12.1. The lowest BCUT2D eigenvalue weighted by molar-refractivity contribution is -0.274. The van der Waals surface area contributed by atoms with E-state index in [1.807, 2.05) is 0 Å². The molecule has 9 heteroatoms. The number of alkyl halides is 3. The molecule has 3 rings (SSSR count). The van der Waals surface area contributed by atoms with Gasteiger partial charge < -0.3 is 4.74 Å². The van der Waals surface area contributed by atoms with Crippen LogP contribution in [0.15, 0.2) is 35.8 Å². The normalized spacial score (nSPS) is 11.6. The van der Waals surface area contributed by atoms with Crippen LogP contribution < -0.4 is 4.74 Å². The maximum Gasteiger partial charge on any atom is 0.573 e. The molecule has 0 fully saturated rings. The summed E-state index contributed by atoms with van der Waals surface area (Å²) >= 11 is 1.36. The zero-order valence-electron chi connectivity index (χ0n) is 10.3. The van der Waals surface area contributed by atoms with Crippen molar-refractivity contribution in [3.05, 3.63) is 35.8 Å². The van der Waals surface area contributed by atoms with Gasteiger partial charge in [-0.25, -0.2) is 4.98 Å². The van der Waals surface area contributed by atoms with Crippen LogP contribution in [0.1, 0.15) is 0 Å². The number of halogens is 3. The molecule has 0 atom stereocenters. The number of ether oxygens (including phenoxy) is 1. The molecule has 0 amide bonds. The number of H-pyrrole nitrogens is 1. The fourth-order valence-electron chi connectivity index (χ4n) is 1.65. The molecule has 2 aromatic heterocycles. The van der Waals surface area contributed by atoms with E-state index >= 15 is 0 Å². The molecule has 3 aromatic rings. The Balaban J connectivity index is 1.81. The molecule has 0 unspecified atom stereocenters. The van der Waals surface area contributed by atoms with Crippen LogP contribution in [0, 0.1) is 0 Å². The Bertz CT molecular complexity index is 722. The van der Waals surface area contributed by atoms with Crippen LogP contribution in [0.25, 0.3) is 22.0 Å². The standard InChI is InChI=1S/C12H7F3N4OS/c13-12(14,15)20-8-3-1-7(2-4-8)11-17-10(6-21-11)9-5-16-19-18-9/h1-6H,(H,16,18,19). The predicted molar refractivity (Wildman–Crippen MR) is 69.6 cm³/mol. The van der Waals surface area contributed by atoms with Gasteiger partial charge >= 0.3 is 6.36 Å². The van der Waals surface area contributed by atoms with Crippen molar-refractivity contribution in [2.24, 2.45) is 0 Å². The number of nitrogens with one attached hydrogen (secondary N) is 1. The van der Waals surface area contributed by atoms with Gasteiger partial charge in [-0.1, -0.05) is 0 Å². The quantitative estimate of drug-likeness (QED) is 0.804. The second kappa shape index (κ2) is 5.17. The van der Waals surface area contributed by atoms with Gasteiger partial charge in [0.1, 0.15) is 22.1 Å². The Morgan fingerprint density at radius 1 is 1.10 bits per heavy atom. The van der Waals surface area contributed by atoms with E-state index in [1.54, 1.807) is 11.6 Å². The summed E-state index contributed by atoms with van der Waals surface area (Å²) in [5.74, 6) is -0.264. The zero-order chi connectivity index (χ0) is 14.9. The molecule has 1 N–H and O–H groups in total. The summed E-state index contributed by atoms with van der Waals surface area (Å²) in [6, 6.07) is 5.54. The van der Waals surface area contributed by atoms with Crippen molar-refractivity contribution in [2.75, 3.05) is 0 Å². The van der Waals surface area contributed by atoms with Crippen molar-refractivity contribution >= 4 is 11.3 Å².